The van der Waals surface area contributed by atoms with Crippen LogP contribution in [0.15, 0.2) is 21.7 Å². The molecule has 1 aliphatic heterocycles. The Balaban J connectivity index is 1.78. The van der Waals surface area contributed by atoms with E-state index < -0.39 is 22.7 Å². The molecule has 0 bridgehead atoms. The van der Waals surface area contributed by atoms with Crippen molar-refractivity contribution in [2.75, 3.05) is 6.54 Å². The van der Waals surface area contributed by atoms with Crippen LogP contribution in [0.3, 0.4) is 0 Å². The van der Waals surface area contributed by atoms with Gasteiger partial charge in [-0.05, 0) is 19.4 Å². The molecule has 0 radical (unpaired) electrons. The minimum absolute atomic E-state index is 0.105. The van der Waals surface area contributed by atoms with E-state index in [2.05, 4.69) is 15.0 Å². The first-order chi connectivity index (χ1) is 13.1. The van der Waals surface area contributed by atoms with Crippen LogP contribution in [-0.4, -0.2) is 48.4 Å². The molecular weight excluding hydrogens is 364 g/mol. The van der Waals surface area contributed by atoms with E-state index in [1.54, 1.807) is 4.57 Å². The SMILES string of the molecule is CC(C)(C)c1nc(CN2CCCCC2Cn2cc(O)c(=O)c(C(=O)O)c2)no1. The molecule has 2 aromatic heterocycles. The van der Waals surface area contributed by atoms with Gasteiger partial charge < -0.3 is 19.3 Å². The summed E-state index contributed by atoms with van der Waals surface area (Å²) in [6.07, 6.45) is 5.59. The molecule has 0 amide bonds. The average Bonchev–Trinajstić information content (AvgIpc) is 3.08. The normalized spacial score (nSPS) is 18.3. The minimum atomic E-state index is -1.35. The Labute approximate surface area is 162 Å². The number of carbonyl (C=O) groups is 1. The maximum atomic E-state index is 11.8. The van der Waals surface area contributed by atoms with Crippen molar-refractivity contribution in [1.82, 2.24) is 19.6 Å². The van der Waals surface area contributed by atoms with Gasteiger partial charge in [-0.15, -0.1) is 0 Å². The number of carboxylic acid groups (broad SMARTS) is 1. The first-order valence-electron chi connectivity index (χ1n) is 9.38. The number of rotatable bonds is 5. The highest BCUT2D eigenvalue weighted by Gasteiger charge is 2.27. The fourth-order valence-electron chi connectivity index (χ4n) is 3.40. The highest BCUT2D eigenvalue weighted by molar-refractivity contribution is 5.87. The second-order valence-corrected chi connectivity index (χ2v) is 8.27. The van der Waals surface area contributed by atoms with Crippen LogP contribution < -0.4 is 5.43 Å². The number of pyridine rings is 1. The summed E-state index contributed by atoms with van der Waals surface area (Å²) in [6.45, 7) is 7.88. The number of piperidine rings is 1. The Morgan fingerprint density at radius 3 is 2.71 bits per heavy atom. The molecule has 1 saturated heterocycles. The molecule has 3 rings (SSSR count). The van der Waals surface area contributed by atoms with E-state index in [0.717, 1.165) is 25.8 Å². The van der Waals surface area contributed by atoms with Crippen LogP contribution in [0.5, 0.6) is 5.75 Å². The Morgan fingerprint density at radius 1 is 1.32 bits per heavy atom. The molecule has 0 aromatic carbocycles. The molecular formula is C19H26N4O5. The van der Waals surface area contributed by atoms with Crippen molar-refractivity contribution in [3.05, 3.63) is 39.9 Å². The third kappa shape index (κ3) is 4.41. The van der Waals surface area contributed by atoms with Crippen molar-refractivity contribution in [3.8, 4) is 5.75 Å². The highest BCUT2D eigenvalue weighted by Crippen LogP contribution is 2.23. The number of aromatic carboxylic acids is 1. The third-order valence-electron chi connectivity index (χ3n) is 4.92. The van der Waals surface area contributed by atoms with Gasteiger partial charge in [0.2, 0.25) is 11.3 Å². The number of hydrogen-bond donors (Lipinski definition) is 2. The van der Waals surface area contributed by atoms with Crippen LogP contribution in [-0.2, 0) is 18.5 Å². The summed E-state index contributed by atoms with van der Waals surface area (Å²) in [5, 5.41) is 23.1. The molecule has 9 heteroatoms. The summed E-state index contributed by atoms with van der Waals surface area (Å²) in [7, 11) is 0. The van der Waals surface area contributed by atoms with E-state index in [-0.39, 0.29) is 11.5 Å². The Hall–Kier alpha value is -2.68. The van der Waals surface area contributed by atoms with Crippen LogP contribution in [0.25, 0.3) is 0 Å². The van der Waals surface area contributed by atoms with Crippen molar-refractivity contribution < 1.29 is 19.5 Å². The van der Waals surface area contributed by atoms with Gasteiger partial charge in [0.15, 0.2) is 11.6 Å². The maximum Gasteiger partial charge on any atom is 0.341 e. The van der Waals surface area contributed by atoms with Crippen LogP contribution in [0.1, 0.15) is 62.1 Å². The lowest BCUT2D eigenvalue weighted by Gasteiger charge is -2.35. The second kappa shape index (κ2) is 7.75. The number of hydrogen-bond acceptors (Lipinski definition) is 7. The summed E-state index contributed by atoms with van der Waals surface area (Å²) in [4.78, 5) is 29.7. The summed E-state index contributed by atoms with van der Waals surface area (Å²) >= 11 is 0. The topological polar surface area (TPSA) is 122 Å². The average molecular weight is 390 g/mol. The quantitative estimate of drug-likeness (QED) is 0.795. The molecule has 0 spiro atoms. The van der Waals surface area contributed by atoms with Crippen molar-refractivity contribution in [2.24, 2.45) is 0 Å². The summed E-state index contributed by atoms with van der Waals surface area (Å²) in [5.74, 6) is -0.704. The Morgan fingerprint density at radius 2 is 2.07 bits per heavy atom. The van der Waals surface area contributed by atoms with Crippen molar-refractivity contribution in [1.29, 1.82) is 0 Å². The van der Waals surface area contributed by atoms with Gasteiger partial charge in [0.1, 0.15) is 5.56 Å². The van der Waals surface area contributed by atoms with E-state index in [4.69, 9.17) is 4.52 Å². The third-order valence-corrected chi connectivity index (χ3v) is 4.92. The molecule has 0 saturated carbocycles. The van der Waals surface area contributed by atoms with Gasteiger partial charge in [-0.2, -0.15) is 4.98 Å². The molecule has 28 heavy (non-hydrogen) atoms. The molecule has 9 nitrogen and oxygen atoms in total. The van der Waals surface area contributed by atoms with Crippen molar-refractivity contribution >= 4 is 5.97 Å². The number of likely N-dealkylation sites (tertiary alicyclic amines) is 1. The van der Waals surface area contributed by atoms with Gasteiger partial charge >= 0.3 is 5.97 Å². The summed E-state index contributed by atoms with van der Waals surface area (Å²) < 4.78 is 6.94. The Bertz CT molecular complexity index is 912. The predicted molar refractivity (Wildman–Crippen MR) is 100 cm³/mol. The molecule has 0 aliphatic carbocycles. The fraction of sp³-hybridized carbons (Fsp3) is 0.579. The fourth-order valence-corrected chi connectivity index (χ4v) is 3.40. The van der Waals surface area contributed by atoms with Crippen LogP contribution in [0.4, 0.5) is 0 Å². The first-order valence-corrected chi connectivity index (χ1v) is 9.38. The van der Waals surface area contributed by atoms with Gasteiger partial charge in [0.05, 0.1) is 6.54 Å². The monoisotopic (exact) mass is 390 g/mol. The smallest absolute Gasteiger partial charge is 0.341 e. The van der Waals surface area contributed by atoms with Crippen LogP contribution >= 0.6 is 0 Å². The van der Waals surface area contributed by atoms with Crippen molar-refractivity contribution in [2.45, 2.75) is 64.6 Å². The van der Waals surface area contributed by atoms with E-state index in [1.165, 1.54) is 12.4 Å². The van der Waals surface area contributed by atoms with Crippen LogP contribution in [0, 0.1) is 0 Å². The number of carboxylic acids is 1. The number of nitrogens with zero attached hydrogens (tertiary/aromatic N) is 4. The van der Waals surface area contributed by atoms with E-state index in [1.807, 2.05) is 20.8 Å². The Kier molecular flexibility index (Phi) is 5.55. The molecule has 2 aromatic rings. The van der Waals surface area contributed by atoms with Gasteiger partial charge in [-0.3, -0.25) is 9.69 Å². The molecule has 3 heterocycles. The standard InChI is InChI=1S/C19H26N4O5/c1-19(2,3)18-20-15(21-28-18)11-23-7-5-4-6-12(23)8-22-9-13(17(26)27)16(25)14(24)10-22/h9-10,12,24H,4-8,11H2,1-3H3,(H,26,27). The molecule has 2 N–H and O–H groups in total. The van der Waals surface area contributed by atoms with E-state index in [0.29, 0.717) is 24.8 Å². The predicted octanol–water partition coefficient (Wildman–Crippen LogP) is 1.99. The van der Waals surface area contributed by atoms with Gasteiger partial charge in [0.25, 0.3) is 0 Å². The molecule has 1 unspecified atom stereocenters. The molecule has 1 fully saturated rings. The lowest BCUT2D eigenvalue weighted by molar-refractivity contribution is 0.0693. The van der Waals surface area contributed by atoms with Crippen molar-refractivity contribution in [3.63, 3.8) is 0 Å². The molecule has 1 atom stereocenters. The van der Waals surface area contributed by atoms with E-state index in [9.17, 15) is 19.8 Å². The van der Waals surface area contributed by atoms with Crippen LogP contribution in [0.2, 0.25) is 0 Å². The maximum absolute atomic E-state index is 11.8. The zero-order valence-electron chi connectivity index (χ0n) is 16.4. The van der Waals surface area contributed by atoms with E-state index >= 15 is 0 Å². The minimum Gasteiger partial charge on any atom is -0.503 e. The van der Waals surface area contributed by atoms with Gasteiger partial charge in [-0.25, -0.2) is 4.79 Å². The summed E-state index contributed by atoms with van der Waals surface area (Å²) in [5.41, 5.74) is -1.52. The lowest BCUT2D eigenvalue weighted by atomic mass is 9.97. The molecule has 152 valence electrons. The zero-order chi connectivity index (χ0) is 20.5. The van der Waals surface area contributed by atoms with Gasteiger partial charge in [0, 0.05) is 30.4 Å². The lowest BCUT2D eigenvalue weighted by Crippen LogP contribution is -2.42. The zero-order valence-corrected chi connectivity index (χ0v) is 16.4. The first kappa shape index (κ1) is 20.1. The largest absolute Gasteiger partial charge is 0.503 e. The second-order valence-electron chi connectivity index (χ2n) is 8.27. The number of aromatic hydroxyl groups is 1. The molecule has 1 aliphatic rings. The number of aromatic nitrogens is 3. The van der Waals surface area contributed by atoms with Gasteiger partial charge in [-0.1, -0.05) is 32.3 Å². The highest BCUT2D eigenvalue weighted by atomic mass is 16.5. The summed E-state index contributed by atoms with van der Waals surface area (Å²) in [6, 6.07) is 0.105.